The van der Waals surface area contributed by atoms with E-state index in [9.17, 15) is 4.79 Å². The van der Waals surface area contributed by atoms with Crippen LogP contribution in [0.5, 0.6) is 5.75 Å². The van der Waals surface area contributed by atoms with Gasteiger partial charge in [0.1, 0.15) is 11.9 Å². The summed E-state index contributed by atoms with van der Waals surface area (Å²) in [6.07, 6.45) is 2.70. The molecule has 0 aromatic heterocycles. The van der Waals surface area contributed by atoms with Gasteiger partial charge in [0, 0.05) is 37.3 Å². The van der Waals surface area contributed by atoms with Crippen LogP contribution in [0.1, 0.15) is 30.4 Å². The molecule has 3 aliphatic heterocycles. The van der Waals surface area contributed by atoms with E-state index in [1.165, 1.54) is 16.8 Å². The molecule has 3 aliphatic rings. The van der Waals surface area contributed by atoms with Crippen LogP contribution < -0.4 is 9.64 Å². The average molecular weight is 392 g/mol. The minimum absolute atomic E-state index is 0.0941. The first-order valence-electron chi connectivity index (χ1n) is 10.6. The molecule has 5 nitrogen and oxygen atoms in total. The maximum atomic E-state index is 12.9. The maximum absolute atomic E-state index is 12.9. The van der Waals surface area contributed by atoms with Gasteiger partial charge in [-0.25, -0.2) is 0 Å². The number of amides is 1. The molecular formula is C24H28N2O3. The fourth-order valence-corrected chi connectivity index (χ4v) is 5.16. The third kappa shape index (κ3) is 3.27. The van der Waals surface area contributed by atoms with Gasteiger partial charge in [-0.3, -0.25) is 4.79 Å². The van der Waals surface area contributed by atoms with Gasteiger partial charge in [0.2, 0.25) is 0 Å². The lowest BCUT2D eigenvalue weighted by Crippen LogP contribution is -2.38. The number of benzene rings is 2. The summed E-state index contributed by atoms with van der Waals surface area (Å²) < 4.78 is 11.4. The molecule has 0 bridgehead atoms. The molecule has 5 rings (SSSR count). The number of rotatable bonds is 4. The van der Waals surface area contributed by atoms with Crippen LogP contribution in [0.2, 0.25) is 0 Å². The number of carbonyl (C=O) groups is 1. The topological polar surface area (TPSA) is 42.0 Å². The Morgan fingerprint density at radius 2 is 1.90 bits per heavy atom. The Balaban J connectivity index is 1.37. The standard InChI is InChI=1S/C24H28N2O3/c1-28-19-10-8-18(9-11-19)15-26-16-24(20-6-2-3-7-21(20)26)14-22(29-17-24)23(27)25-12-4-5-13-25/h2-3,6-11,22H,4-5,12-17H2,1H3. The van der Waals surface area contributed by atoms with Gasteiger partial charge in [0.15, 0.2) is 0 Å². The lowest BCUT2D eigenvalue weighted by atomic mass is 9.80. The van der Waals surface area contributed by atoms with E-state index in [1.807, 2.05) is 17.0 Å². The van der Waals surface area contributed by atoms with Crippen molar-refractivity contribution in [3.8, 4) is 5.75 Å². The van der Waals surface area contributed by atoms with Crippen molar-refractivity contribution in [3.63, 3.8) is 0 Å². The molecule has 5 heteroatoms. The molecule has 0 aliphatic carbocycles. The highest BCUT2D eigenvalue weighted by Gasteiger charge is 2.50. The van der Waals surface area contributed by atoms with Crippen molar-refractivity contribution in [3.05, 3.63) is 59.7 Å². The molecule has 29 heavy (non-hydrogen) atoms. The normalized spacial score (nSPS) is 25.6. The number of hydrogen-bond donors (Lipinski definition) is 0. The Labute approximate surface area is 172 Å². The quantitative estimate of drug-likeness (QED) is 0.800. The molecule has 2 atom stereocenters. The number of ether oxygens (including phenoxy) is 2. The van der Waals surface area contributed by atoms with E-state index < -0.39 is 0 Å². The molecule has 1 amide bonds. The van der Waals surface area contributed by atoms with E-state index in [2.05, 4.69) is 41.3 Å². The van der Waals surface area contributed by atoms with Crippen LogP contribution in [-0.4, -0.2) is 50.3 Å². The van der Waals surface area contributed by atoms with E-state index >= 15 is 0 Å². The van der Waals surface area contributed by atoms with Crippen LogP contribution in [0.25, 0.3) is 0 Å². The SMILES string of the molecule is COc1ccc(CN2CC3(COC(C(=O)N4CCCC4)C3)c3ccccc32)cc1. The van der Waals surface area contributed by atoms with Gasteiger partial charge in [-0.2, -0.15) is 0 Å². The molecule has 2 saturated heterocycles. The molecule has 2 unspecified atom stereocenters. The molecular weight excluding hydrogens is 364 g/mol. The van der Waals surface area contributed by atoms with Crippen molar-refractivity contribution >= 4 is 11.6 Å². The molecule has 0 radical (unpaired) electrons. The van der Waals surface area contributed by atoms with Crippen molar-refractivity contribution in [2.45, 2.75) is 37.3 Å². The van der Waals surface area contributed by atoms with Crippen LogP contribution in [0.3, 0.4) is 0 Å². The zero-order valence-electron chi connectivity index (χ0n) is 17.0. The fraction of sp³-hybridized carbons (Fsp3) is 0.458. The number of methoxy groups -OCH3 is 1. The molecule has 152 valence electrons. The summed E-state index contributed by atoms with van der Waals surface area (Å²) >= 11 is 0. The Morgan fingerprint density at radius 1 is 1.14 bits per heavy atom. The molecule has 3 heterocycles. The first kappa shape index (κ1) is 18.5. The zero-order chi connectivity index (χ0) is 19.8. The molecule has 0 N–H and O–H groups in total. The largest absolute Gasteiger partial charge is 0.497 e. The minimum Gasteiger partial charge on any atom is -0.497 e. The van der Waals surface area contributed by atoms with E-state index in [0.717, 1.165) is 51.2 Å². The highest BCUT2D eigenvalue weighted by atomic mass is 16.5. The number of anilines is 1. The molecule has 2 fully saturated rings. The summed E-state index contributed by atoms with van der Waals surface area (Å²) in [5, 5.41) is 0. The Bertz CT molecular complexity index is 891. The first-order chi connectivity index (χ1) is 14.2. The van der Waals surface area contributed by atoms with Crippen LogP contribution >= 0.6 is 0 Å². The molecule has 1 spiro atoms. The lowest BCUT2D eigenvalue weighted by Gasteiger charge is -2.25. The summed E-state index contributed by atoms with van der Waals surface area (Å²) in [6, 6.07) is 16.9. The number of para-hydroxylation sites is 1. The third-order valence-corrected chi connectivity index (χ3v) is 6.67. The van der Waals surface area contributed by atoms with Gasteiger partial charge in [0.05, 0.1) is 13.7 Å². The van der Waals surface area contributed by atoms with Gasteiger partial charge in [-0.05, 0) is 48.6 Å². The van der Waals surface area contributed by atoms with E-state index in [4.69, 9.17) is 9.47 Å². The van der Waals surface area contributed by atoms with Gasteiger partial charge >= 0.3 is 0 Å². The van der Waals surface area contributed by atoms with E-state index in [1.54, 1.807) is 7.11 Å². The number of fused-ring (bicyclic) bond motifs is 2. The third-order valence-electron chi connectivity index (χ3n) is 6.67. The smallest absolute Gasteiger partial charge is 0.251 e. The highest BCUT2D eigenvalue weighted by Crippen LogP contribution is 2.48. The maximum Gasteiger partial charge on any atom is 0.251 e. The Hall–Kier alpha value is -2.53. The fourth-order valence-electron chi connectivity index (χ4n) is 5.16. The van der Waals surface area contributed by atoms with Crippen LogP contribution in [0.15, 0.2) is 48.5 Å². The van der Waals surface area contributed by atoms with Crippen molar-refractivity contribution in [1.29, 1.82) is 0 Å². The van der Waals surface area contributed by atoms with Gasteiger partial charge in [-0.15, -0.1) is 0 Å². The second kappa shape index (κ2) is 7.38. The van der Waals surface area contributed by atoms with Crippen molar-refractivity contribution < 1.29 is 14.3 Å². The molecule has 2 aromatic carbocycles. The minimum atomic E-state index is -0.304. The predicted molar refractivity (Wildman–Crippen MR) is 112 cm³/mol. The summed E-state index contributed by atoms with van der Waals surface area (Å²) in [5.41, 5.74) is 3.75. The van der Waals surface area contributed by atoms with Crippen LogP contribution in [-0.2, 0) is 21.5 Å². The summed E-state index contributed by atoms with van der Waals surface area (Å²) in [5.74, 6) is 1.06. The van der Waals surface area contributed by atoms with E-state index in [-0.39, 0.29) is 17.4 Å². The Morgan fingerprint density at radius 3 is 2.66 bits per heavy atom. The van der Waals surface area contributed by atoms with Crippen LogP contribution in [0, 0.1) is 0 Å². The summed E-state index contributed by atoms with van der Waals surface area (Å²) in [6.45, 7) is 4.11. The van der Waals surface area contributed by atoms with Gasteiger partial charge < -0.3 is 19.3 Å². The number of carbonyl (C=O) groups excluding carboxylic acids is 1. The predicted octanol–water partition coefficient (Wildman–Crippen LogP) is 3.36. The van der Waals surface area contributed by atoms with Crippen molar-refractivity contribution in [2.24, 2.45) is 0 Å². The average Bonchev–Trinajstić information content (AvgIpc) is 3.50. The van der Waals surface area contributed by atoms with Gasteiger partial charge in [0.25, 0.3) is 5.91 Å². The monoisotopic (exact) mass is 392 g/mol. The van der Waals surface area contributed by atoms with Crippen LogP contribution in [0.4, 0.5) is 5.69 Å². The second-order valence-electron chi connectivity index (χ2n) is 8.54. The van der Waals surface area contributed by atoms with E-state index in [0.29, 0.717) is 6.61 Å². The number of likely N-dealkylation sites (tertiary alicyclic amines) is 1. The highest BCUT2D eigenvalue weighted by molar-refractivity contribution is 5.82. The Kier molecular flexibility index (Phi) is 4.70. The molecule has 0 saturated carbocycles. The second-order valence-corrected chi connectivity index (χ2v) is 8.54. The zero-order valence-corrected chi connectivity index (χ0v) is 17.0. The molecule has 2 aromatic rings. The lowest BCUT2D eigenvalue weighted by molar-refractivity contribution is -0.139. The van der Waals surface area contributed by atoms with Crippen molar-refractivity contribution in [2.75, 3.05) is 38.3 Å². The van der Waals surface area contributed by atoms with Gasteiger partial charge in [-0.1, -0.05) is 30.3 Å². The summed E-state index contributed by atoms with van der Waals surface area (Å²) in [7, 11) is 1.69. The summed E-state index contributed by atoms with van der Waals surface area (Å²) in [4.78, 5) is 17.3. The number of hydrogen-bond acceptors (Lipinski definition) is 4. The van der Waals surface area contributed by atoms with Crippen molar-refractivity contribution in [1.82, 2.24) is 4.90 Å². The number of nitrogens with zero attached hydrogens (tertiary/aromatic N) is 2. The first-order valence-corrected chi connectivity index (χ1v) is 10.6.